The Morgan fingerprint density at radius 3 is 2.22 bits per heavy atom. The van der Waals surface area contributed by atoms with E-state index in [1.807, 2.05) is 36.4 Å². The Balaban J connectivity index is 1.72. The maximum absolute atomic E-state index is 13.3. The van der Waals surface area contributed by atoms with Crippen LogP contribution in [0.1, 0.15) is 25.7 Å². The van der Waals surface area contributed by atoms with Gasteiger partial charge in [0.05, 0.1) is 16.3 Å². The third-order valence-electron chi connectivity index (χ3n) is 5.18. The average molecular weight is 447 g/mol. The molecule has 162 valence electrons. The highest BCUT2D eigenvalue weighted by Crippen LogP contribution is 2.17. The minimum atomic E-state index is -1.12. The lowest BCUT2D eigenvalue weighted by Gasteiger charge is -2.19. The molecule has 2 aromatic heterocycles. The predicted octanol–water partition coefficient (Wildman–Crippen LogP) is 3.60. The monoisotopic (exact) mass is 446 g/mol. The number of thiophene rings is 1. The molecule has 0 saturated heterocycles. The lowest BCUT2D eigenvalue weighted by Crippen LogP contribution is -2.47. The number of hydrogen-bond donors (Lipinski definition) is 2. The van der Waals surface area contributed by atoms with E-state index < -0.39 is 12.1 Å². The molecule has 2 aromatic carbocycles. The van der Waals surface area contributed by atoms with Gasteiger partial charge in [-0.2, -0.15) is 0 Å². The number of amides is 1. The highest BCUT2D eigenvalue weighted by Gasteiger charge is 2.26. The van der Waals surface area contributed by atoms with Gasteiger partial charge >= 0.3 is 0 Å². The minimum Gasteiger partial charge on any atom is -0.353 e. The van der Waals surface area contributed by atoms with Crippen LogP contribution in [0, 0.1) is 6.92 Å². The Hall–Kier alpha value is -3.91. The molecular formula is C24H22N4O3S. The molecule has 0 aliphatic carbocycles. The van der Waals surface area contributed by atoms with Crippen molar-refractivity contribution in [3.63, 3.8) is 0 Å². The third-order valence-corrected chi connectivity index (χ3v) is 6.05. The van der Waals surface area contributed by atoms with Gasteiger partial charge in [-0.3, -0.25) is 19.1 Å². The number of Topliss-reactive ketones (excluding diaryl/α,β-unsaturated/α-hetero) is 1. The number of aromatic nitrogens is 2. The fraction of sp³-hybridized carbons (Fsp3) is 0.125. The molecule has 2 N–H and O–H groups in total. The van der Waals surface area contributed by atoms with Crippen molar-refractivity contribution < 1.29 is 9.59 Å². The quantitative estimate of drug-likeness (QED) is 0.336. The molecule has 0 spiro atoms. The van der Waals surface area contributed by atoms with E-state index in [-0.39, 0.29) is 17.0 Å². The van der Waals surface area contributed by atoms with Gasteiger partial charge in [0.25, 0.3) is 11.5 Å². The van der Waals surface area contributed by atoms with Crippen LogP contribution in [0.15, 0.2) is 83.0 Å². The van der Waals surface area contributed by atoms with Crippen LogP contribution in [0.25, 0.3) is 5.69 Å². The van der Waals surface area contributed by atoms with Crippen molar-refractivity contribution in [2.24, 2.45) is 7.05 Å². The lowest BCUT2D eigenvalue weighted by atomic mass is 10.1. The topological polar surface area (TPSA) is 85.1 Å². The number of nitrogens with zero attached hydrogens (tertiary/aromatic N) is 2. The van der Waals surface area contributed by atoms with E-state index in [2.05, 4.69) is 10.6 Å². The van der Waals surface area contributed by atoms with Crippen LogP contribution in [-0.4, -0.2) is 27.2 Å². The summed E-state index contributed by atoms with van der Waals surface area (Å²) >= 11 is 1.28. The molecule has 4 aromatic rings. The molecule has 0 aliphatic heterocycles. The van der Waals surface area contributed by atoms with E-state index in [9.17, 15) is 14.4 Å². The van der Waals surface area contributed by atoms with E-state index in [4.69, 9.17) is 0 Å². The van der Waals surface area contributed by atoms with Gasteiger partial charge in [-0.25, -0.2) is 4.68 Å². The average Bonchev–Trinajstić information content (AvgIpc) is 3.43. The normalized spacial score (nSPS) is 11.7. The first-order chi connectivity index (χ1) is 15.5. The van der Waals surface area contributed by atoms with Crippen LogP contribution in [0.5, 0.6) is 0 Å². The van der Waals surface area contributed by atoms with E-state index in [1.54, 1.807) is 60.4 Å². The van der Waals surface area contributed by atoms with Crippen molar-refractivity contribution in [2.75, 3.05) is 5.32 Å². The summed E-state index contributed by atoms with van der Waals surface area (Å²) in [4.78, 5) is 39.7. The molecule has 0 bridgehead atoms. The zero-order valence-electron chi connectivity index (χ0n) is 17.6. The molecule has 7 nitrogen and oxygen atoms in total. The Morgan fingerprint density at radius 2 is 1.59 bits per heavy atom. The highest BCUT2D eigenvalue weighted by atomic mass is 32.1. The maximum Gasteiger partial charge on any atom is 0.295 e. The second kappa shape index (κ2) is 9.07. The first-order valence-corrected chi connectivity index (χ1v) is 10.9. The zero-order chi connectivity index (χ0) is 22.7. The molecule has 8 heteroatoms. The van der Waals surface area contributed by atoms with Crippen molar-refractivity contribution in [3.05, 3.63) is 105 Å². The molecule has 2 heterocycles. The molecule has 0 fully saturated rings. The Kier molecular flexibility index (Phi) is 6.04. The molecule has 0 radical (unpaired) electrons. The highest BCUT2D eigenvalue weighted by molar-refractivity contribution is 7.12. The summed E-state index contributed by atoms with van der Waals surface area (Å²) in [7, 11) is 1.77. The summed E-state index contributed by atoms with van der Waals surface area (Å²) in [6.07, 6.45) is -1.12. The number of carbonyl (C=O) groups excluding carboxylic acids is 2. The van der Waals surface area contributed by atoms with E-state index >= 15 is 0 Å². The van der Waals surface area contributed by atoms with Gasteiger partial charge in [0.15, 0.2) is 6.17 Å². The number of nitrogens with one attached hydrogen (secondary N) is 2. The van der Waals surface area contributed by atoms with Crippen LogP contribution >= 0.6 is 11.3 Å². The second-order valence-corrected chi connectivity index (χ2v) is 8.14. The number of para-hydroxylation sites is 1. The lowest BCUT2D eigenvalue weighted by molar-refractivity contribution is 0.0871. The molecule has 32 heavy (non-hydrogen) atoms. The number of hydrogen-bond acceptors (Lipinski definition) is 5. The van der Waals surface area contributed by atoms with E-state index in [0.29, 0.717) is 21.8 Å². The molecule has 1 atom stereocenters. The first-order valence-electron chi connectivity index (χ1n) is 10.0. The summed E-state index contributed by atoms with van der Waals surface area (Å²) in [5.74, 6) is -0.733. The van der Waals surface area contributed by atoms with E-state index in [1.165, 1.54) is 16.0 Å². The number of ketones is 1. The zero-order valence-corrected chi connectivity index (χ0v) is 18.4. The van der Waals surface area contributed by atoms with Gasteiger partial charge < -0.3 is 10.6 Å². The predicted molar refractivity (Wildman–Crippen MR) is 126 cm³/mol. The fourth-order valence-electron chi connectivity index (χ4n) is 3.43. The van der Waals surface area contributed by atoms with E-state index in [0.717, 1.165) is 0 Å². The summed E-state index contributed by atoms with van der Waals surface area (Å²) in [6.45, 7) is 1.79. The second-order valence-electron chi connectivity index (χ2n) is 7.19. The summed E-state index contributed by atoms with van der Waals surface area (Å²) in [5, 5.41) is 7.54. The summed E-state index contributed by atoms with van der Waals surface area (Å²) < 4.78 is 3.23. The van der Waals surface area contributed by atoms with Crippen molar-refractivity contribution in [1.82, 2.24) is 14.7 Å². The number of benzene rings is 2. The van der Waals surface area contributed by atoms with Gasteiger partial charge in [0, 0.05) is 12.6 Å². The van der Waals surface area contributed by atoms with Crippen LogP contribution in [0.4, 0.5) is 5.69 Å². The van der Waals surface area contributed by atoms with Gasteiger partial charge in [0.2, 0.25) is 5.78 Å². The molecule has 0 unspecified atom stereocenters. The van der Waals surface area contributed by atoms with Gasteiger partial charge in [-0.1, -0.05) is 54.6 Å². The minimum absolute atomic E-state index is 0.247. The van der Waals surface area contributed by atoms with Crippen molar-refractivity contribution in [2.45, 2.75) is 13.1 Å². The molecule has 4 rings (SSSR count). The van der Waals surface area contributed by atoms with Crippen molar-refractivity contribution in [3.8, 4) is 5.69 Å². The van der Waals surface area contributed by atoms with Gasteiger partial charge in [-0.05, 0) is 30.5 Å². The third kappa shape index (κ3) is 4.13. The maximum atomic E-state index is 13.3. The molecular weight excluding hydrogens is 424 g/mol. The van der Waals surface area contributed by atoms with Gasteiger partial charge in [0.1, 0.15) is 5.69 Å². The molecule has 0 saturated carbocycles. The van der Waals surface area contributed by atoms with Crippen LogP contribution < -0.4 is 16.2 Å². The van der Waals surface area contributed by atoms with Crippen molar-refractivity contribution >= 4 is 28.7 Å². The standard InChI is InChI=1S/C24H22N4O3S/c1-16-20(24(31)28(27(16)2)18-12-7-4-8-13-18)25-22(21(29)17-10-5-3-6-11-17)26-23(30)19-14-9-15-32-19/h3-15,22,25H,1-2H3,(H,26,30)/t22-/m1/s1. The molecule has 1 amide bonds. The summed E-state index contributed by atoms with van der Waals surface area (Å²) in [6, 6.07) is 21.3. The Morgan fingerprint density at radius 1 is 0.938 bits per heavy atom. The smallest absolute Gasteiger partial charge is 0.295 e. The first kappa shape index (κ1) is 21.3. The largest absolute Gasteiger partial charge is 0.353 e. The van der Waals surface area contributed by atoms with Crippen LogP contribution in [-0.2, 0) is 7.05 Å². The van der Waals surface area contributed by atoms with Crippen molar-refractivity contribution in [1.29, 1.82) is 0 Å². The SMILES string of the molecule is Cc1c(N[C@H](NC(=O)c2cccs2)C(=O)c2ccccc2)c(=O)n(-c2ccccc2)n1C. The number of carbonyl (C=O) groups is 2. The fourth-order valence-corrected chi connectivity index (χ4v) is 4.05. The van der Waals surface area contributed by atoms with Gasteiger partial charge in [-0.15, -0.1) is 11.3 Å². The van der Waals surface area contributed by atoms with Crippen LogP contribution in [0.2, 0.25) is 0 Å². The summed E-state index contributed by atoms with van der Waals surface area (Å²) in [5.41, 5.74) is 1.69. The Bertz CT molecular complexity index is 1290. The van der Waals surface area contributed by atoms with Crippen LogP contribution in [0.3, 0.4) is 0 Å². The number of rotatable bonds is 7. The number of anilines is 1. The Labute approximate surface area is 188 Å². The molecule has 0 aliphatic rings.